The van der Waals surface area contributed by atoms with Crippen molar-refractivity contribution in [1.82, 2.24) is 0 Å². The Balaban J connectivity index is 1.90. The third-order valence-corrected chi connectivity index (χ3v) is 3.26. The molecule has 0 aromatic heterocycles. The zero-order valence-corrected chi connectivity index (χ0v) is 13.5. The zero-order valence-electron chi connectivity index (χ0n) is 13.5. The monoisotopic (exact) mass is 364 g/mol. The number of para-hydroxylation sites is 1. The Labute approximate surface area is 148 Å². The molecule has 0 radical (unpaired) electrons. The molecular weight excluding hydrogens is 349 g/mol. The quantitative estimate of drug-likeness (QED) is 0.804. The molecule has 1 amide bonds. The molecule has 8 heteroatoms. The minimum absolute atomic E-state index is 0.00901. The molecule has 1 N–H and O–H groups in total. The average molecular weight is 364 g/mol. The van der Waals surface area contributed by atoms with Crippen LogP contribution in [-0.4, -0.2) is 18.9 Å². The molecule has 26 heavy (non-hydrogen) atoms. The van der Waals surface area contributed by atoms with Crippen molar-refractivity contribution in [2.24, 2.45) is 0 Å². The van der Waals surface area contributed by atoms with Crippen molar-refractivity contribution in [3.8, 4) is 17.6 Å². The van der Waals surface area contributed by atoms with Gasteiger partial charge in [0.05, 0.1) is 0 Å². The van der Waals surface area contributed by atoms with Gasteiger partial charge in [-0.25, -0.2) is 0 Å². The second kappa shape index (κ2) is 8.76. The van der Waals surface area contributed by atoms with Gasteiger partial charge in [0.1, 0.15) is 17.6 Å². The lowest BCUT2D eigenvalue weighted by Crippen LogP contribution is -2.18. The van der Waals surface area contributed by atoms with Gasteiger partial charge in [-0.1, -0.05) is 18.2 Å². The predicted molar refractivity (Wildman–Crippen MR) is 87.6 cm³/mol. The summed E-state index contributed by atoms with van der Waals surface area (Å²) in [6, 6.07) is 13.9. The summed E-state index contributed by atoms with van der Waals surface area (Å²) in [5.74, 6) is -0.174. The highest BCUT2D eigenvalue weighted by molar-refractivity contribution is 5.90. The molecule has 0 saturated heterocycles. The van der Waals surface area contributed by atoms with Crippen LogP contribution in [0.3, 0.4) is 0 Å². The van der Waals surface area contributed by atoms with Crippen molar-refractivity contribution in [2.75, 3.05) is 11.9 Å². The van der Waals surface area contributed by atoms with Gasteiger partial charge in [0.2, 0.25) is 5.91 Å². The molecule has 0 heterocycles. The largest absolute Gasteiger partial charge is 0.573 e. The van der Waals surface area contributed by atoms with E-state index in [0.717, 1.165) is 0 Å². The molecule has 0 spiro atoms. The summed E-state index contributed by atoms with van der Waals surface area (Å²) in [6.07, 6.45) is -4.69. The topological polar surface area (TPSA) is 71.3 Å². The summed E-state index contributed by atoms with van der Waals surface area (Å²) in [4.78, 5) is 12.0. The molecule has 2 rings (SSSR count). The summed E-state index contributed by atoms with van der Waals surface area (Å²) in [6.45, 7) is -0.0783. The van der Waals surface area contributed by atoms with Crippen molar-refractivity contribution in [3.05, 3.63) is 54.1 Å². The van der Waals surface area contributed by atoms with Gasteiger partial charge in [-0.15, -0.1) is 13.2 Å². The summed E-state index contributed by atoms with van der Waals surface area (Å²) in [7, 11) is 0. The molecule has 0 aliphatic heterocycles. The van der Waals surface area contributed by atoms with E-state index in [1.54, 1.807) is 30.3 Å². The third kappa shape index (κ3) is 6.36. The Morgan fingerprint density at radius 3 is 2.46 bits per heavy atom. The number of carbonyl (C=O) groups is 1. The molecule has 136 valence electrons. The van der Waals surface area contributed by atoms with E-state index < -0.39 is 6.36 Å². The Hall–Kier alpha value is -3.21. The van der Waals surface area contributed by atoms with Gasteiger partial charge in [0, 0.05) is 12.1 Å². The van der Waals surface area contributed by atoms with E-state index in [9.17, 15) is 18.0 Å². The number of nitrogens with zero attached hydrogens (tertiary/aromatic N) is 1. The number of alkyl halides is 3. The smallest absolute Gasteiger partial charge is 0.479 e. The number of benzene rings is 2. The number of hydrogen-bond donors (Lipinski definition) is 1. The number of nitrogens with one attached hydrogen (secondary N) is 1. The van der Waals surface area contributed by atoms with Crippen LogP contribution in [0.1, 0.15) is 12.0 Å². The molecule has 0 aliphatic carbocycles. The van der Waals surface area contributed by atoms with Gasteiger partial charge in [0.15, 0.2) is 6.61 Å². The summed E-state index contributed by atoms with van der Waals surface area (Å²) in [5.41, 5.74) is 0.805. The van der Waals surface area contributed by atoms with Crippen molar-refractivity contribution in [1.29, 1.82) is 5.26 Å². The van der Waals surface area contributed by atoms with Gasteiger partial charge in [0.25, 0.3) is 0 Å². The van der Waals surface area contributed by atoms with Gasteiger partial charge in [-0.3, -0.25) is 4.79 Å². The van der Waals surface area contributed by atoms with Gasteiger partial charge < -0.3 is 14.8 Å². The second-order valence-corrected chi connectivity index (χ2v) is 5.17. The van der Waals surface area contributed by atoms with Gasteiger partial charge in [-0.2, -0.15) is 5.26 Å². The van der Waals surface area contributed by atoms with Crippen LogP contribution in [0.15, 0.2) is 48.5 Å². The fourth-order valence-corrected chi connectivity index (χ4v) is 2.16. The Morgan fingerprint density at radius 1 is 1.12 bits per heavy atom. The van der Waals surface area contributed by atoms with Gasteiger partial charge >= 0.3 is 6.36 Å². The van der Waals surface area contributed by atoms with Crippen LogP contribution in [0.5, 0.6) is 11.5 Å². The molecule has 0 fully saturated rings. The number of ether oxygens (including phenoxy) is 2. The predicted octanol–water partition coefficient (Wildman–Crippen LogP) is 4.06. The maximum absolute atomic E-state index is 12.4. The summed E-state index contributed by atoms with van der Waals surface area (Å²) >= 11 is 0. The van der Waals surface area contributed by atoms with Crippen LogP contribution in [0.25, 0.3) is 0 Å². The minimum Gasteiger partial charge on any atom is -0.479 e. The summed E-state index contributed by atoms with van der Waals surface area (Å²) < 4.78 is 46.2. The van der Waals surface area contributed by atoms with Crippen LogP contribution in [-0.2, 0) is 11.2 Å². The molecule has 0 saturated carbocycles. The molecule has 0 unspecified atom stereocenters. The number of carbonyl (C=O) groups excluding carboxylic acids is 1. The van der Waals surface area contributed by atoms with E-state index in [1.807, 2.05) is 6.07 Å². The molecule has 2 aromatic carbocycles. The molecule has 2 aromatic rings. The molecule has 0 bridgehead atoms. The molecule has 5 nitrogen and oxygen atoms in total. The fourth-order valence-electron chi connectivity index (χ4n) is 2.16. The Kier molecular flexibility index (Phi) is 6.44. The van der Waals surface area contributed by atoms with Crippen LogP contribution < -0.4 is 14.8 Å². The number of amides is 1. The van der Waals surface area contributed by atoms with Crippen LogP contribution in [0, 0.1) is 11.3 Å². The highest BCUT2D eigenvalue weighted by atomic mass is 19.4. The van der Waals surface area contributed by atoms with E-state index in [4.69, 9.17) is 10.00 Å². The summed E-state index contributed by atoms with van der Waals surface area (Å²) in [5, 5.41) is 11.1. The third-order valence-electron chi connectivity index (χ3n) is 3.26. The van der Waals surface area contributed by atoms with E-state index >= 15 is 0 Å². The van der Waals surface area contributed by atoms with Crippen molar-refractivity contribution >= 4 is 11.6 Å². The van der Waals surface area contributed by atoms with Gasteiger partial charge in [-0.05, 0) is 42.3 Å². The first-order valence-electron chi connectivity index (χ1n) is 7.61. The standard InChI is InChI=1S/C18H15F3N2O3/c19-18(20,21)26-16-4-2-1-3-13(16)5-10-17(24)23-14-6-8-15(9-7-14)25-12-11-22/h1-4,6-9H,5,10,12H2,(H,23,24). The van der Waals surface area contributed by atoms with E-state index in [1.165, 1.54) is 18.2 Å². The number of anilines is 1. The molecule has 0 atom stereocenters. The minimum atomic E-state index is -4.78. The van der Waals surface area contributed by atoms with E-state index in [-0.39, 0.29) is 31.1 Å². The Bertz CT molecular complexity index is 784. The van der Waals surface area contributed by atoms with Crippen LogP contribution in [0.4, 0.5) is 18.9 Å². The Morgan fingerprint density at radius 2 is 1.81 bits per heavy atom. The maximum Gasteiger partial charge on any atom is 0.573 e. The number of aryl methyl sites for hydroxylation is 1. The van der Waals surface area contributed by atoms with Crippen LogP contribution >= 0.6 is 0 Å². The zero-order chi connectivity index (χ0) is 19.0. The van der Waals surface area contributed by atoms with E-state index in [0.29, 0.717) is 17.0 Å². The molecule has 0 aliphatic rings. The lowest BCUT2D eigenvalue weighted by atomic mass is 10.1. The SMILES string of the molecule is N#CCOc1ccc(NC(=O)CCc2ccccc2OC(F)(F)F)cc1. The van der Waals surface area contributed by atoms with Crippen molar-refractivity contribution in [3.63, 3.8) is 0 Å². The van der Waals surface area contributed by atoms with Crippen molar-refractivity contribution < 1.29 is 27.4 Å². The van der Waals surface area contributed by atoms with Crippen molar-refractivity contribution in [2.45, 2.75) is 19.2 Å². The number of nitriles is 1. The van der Waals surface area contributed by atoms with Crippen LogP contribution in [0.2, 0.25) is 0 Å². The lowest BCUT2D eigenvalue weighted by Gasteiger charge is -2.13. The average Bonchev–Trinajstić information content (AvgIpc) is 2.59. The first-order valence-corrected chi connectivity index (χ1v) is 7.61. The number of hydrogen-bond acceptors (Lipinski definition) is 4. The fraction of sp³-hybridized carbons (Fsp3) is 0.222. The van der Waals surface area contributed by atoms with E-state index in [2.05, 4.69) is 10.1 Å². The lowest BCUT2D eigenvalue weighted by molar-refractivity contribution is -0.274. The first kappa shape index (κ1) is 19.1. The first-order chi connectivity index (χ1) is 12.4. The number of rotatable bonds is 7. The highest BCUT2D eigenvalue weighted by Gasteiger charge is 2.31. The normalized spacial score (nSPS) is 10.7. The highest BCUT2D eigenvalue weighted by Crippen LogP contribution is 2.27. The number of halogens is 3. The maximum atomic E-state index is 12.4. The molecular formula is C18H15F3N2O3. The second-order valence-electron chi connectivity index (χ2n) is 5.17.